The molecule has 3 aromatic rings. The van der Waals surface area contributed by atoms with Gasteiger partial charge in [-0.05, 0) is 66.6 Å². The Morgan fingerprint density at radius 1 is 0.971 bits per heavy atom. The Hall–Kier alpha value is -4.01. The summed E-state index contributed by atoms with van der Waals surface area (Å²) >= 11 is 0. The highest BCUT2D eigenvalue weighted by atomic mass is 19.4. The van der Waals surface area contributed by atoms with Gasteiger partial charge in [0.2, 0.25) is 0 Å². The first kappa shape index (κ1) is 23.2. The van der Waals surface area contributed by atoms with Gasteiger partial charge >= 0.3 is 12.2 Å². The van der Waals surface area contributed by atoms with Crippen molar-refractivity contribution in [2.45, 2.75) is 12.6 Å². The number of hydrogen-bond donors (Lipinski definition) is 2. The summed E-state index contributed by atoms with van der Waals surface area (Å²) in [6.07, 6.45) is -3.87. The van der Waals surface area contributed by atoms with Crippen molar-refractivity contribution in [2.75, 3.05) is 35.8 Å². The van der Waals surface area contributed by atoms with E-state index in [1.165, 1.54) is 17.0 Å². The Morgan fingerprint density at radius 3 is 2.44 bits per heavy atom. The zero-order valence-corrected chi connectivity index (χ0v) is 18.6. The monoisotopic (exact) mass is 468 g/mol. The molecule has 9 heteroatoms. The summed E-state index contributed by atoms with van der Waals surface area (Å²) in [4.78, 5) is 28.2. The van der Waals surface area contributed by atoms with Crippen LogP contribution in [0.25, 0.3) is 0 Å². The number of nitrogens with one attached hydrogen (secondary N) is 2. The van der Waals surface area contributed by atoms with Crippen molar-refractivity contribution in [3.05, 3.63) is 83.4 Å². The van der Waals surface area contributed by atoms with Gasteiger partial charge in [-0.2, -0.15) is 13.2 Å². The largest absolute Gasteiger partial charge is 0.416 e. The van der Waals surface area contributed by atoms with E-state index in [0.29, 0.717) is 24.2 Å². The van der Waals surface area contributed by atoms with Crippen LogP contribution < -0.4 is 20.4 Å². The molecule has 0 saturated heterocycles. The third kappa shape index (κ3) is 4.68. The average molecular weight is 468 g/mol. The lowest BCUT2D eigenvalue weighted by atomic mass is 10.1. The number of rotatable bonds is 4. The fourth-order valence-corrected chi connectivity index (χ4v) is 3.92. The zero-order chi connectivity index (χ0) is 24.5. The van der Waals surface area contributed by atoms with Crippen LogP contribution in [0.15, 0.2) is 66.7 Å². The van der Waals surface area contributed by atoms with Crippen molar-refractivity contribution in [2.24, 2.45) is 0 Å². The maximum Gasteiger partial charge on any atom is 0.416 e. The van der Waals surface area contributed by atoms with E-state index in [2.05, 4.69) is 10.6 Å². The van der Waals surface area contributed by atoms with Gasteiger partial charge < -0.3 is 15.5 Å². The van der Waals surface area contributed by atoms with E-state index in [1.807, 2.05) is 42.3 Å². The Bertz CT molecular complexity index is 1240. The molecule has 6 nitrogen and oxygen atoms in total. The molecule has 0 radical (unpaired) electrons. The molecule has 0 unspecified atom stereocenters. The van der Waals surface area contributed by atoms with Gasteiger partial charge in [-0.1, -0.05) is 12.1 Å². The van der Waals surface area contributed by atoms with Crippen LogP contribution in [0.3, 0.4) is 0 Å². The molecule has 0 fully saturated rings. The molecule has 4 rings (SSSR count). The Kier molecular flexibility index (Phi) is 6.19. The minimum atomic E-state index is -4.48. The maximum absolute atomic E-state index is 13.0. The van der Waals surface area contributed by atoms with Crippen LogP contribution >= 0.6 is 0 Å². The van der Waals surface area contributed by atoms with Gasteiger partial charge in [0.15, 0.2) is 0 Å². The number of alkyl halides is 3. The van der Waals surface area contributed by atoms with E-state index in [4.69, 9.17) is 0 Å². The van der Waals surface area contributed by atoms with Crippen LogP contribution in [0.2, 0.25) is 0 Å². The van der Waals surface area contributed by atoms with Gasteiger partial charge in [-0.3, -0.25) is 9.69 Å². The van der Waals surface area contributed by atoms with Crippen LogP contribution in [0.5, 0.6) is 0 Å². The number of amides is 3. The number of carbonyl (C=O) groups is 2. The first-order chi connectivity index (χ1) is 16.2. The van der Waals surface area contributed by atoms with Crippen LogP contribution in [-0.4, -0.2) is 32.6 Å². The van der Waals surface area contributed by atoms with E-state index in [9.17, 15) is 22.8 Å². The van der Waals surface area contributed by atoms with Gasteiger partial charge in [0, 0.05) is 49.0 Å². The lowest BCUT2D eigenvalue weighted by molar-refractivity contribution is -0.137. The minimum absolute atomic E-state index is 0.0839. The second kappa shape index (κ2) is 9.09. The van der Waals surface area contributed by atoms with E-state index < -0.39 is 17.8 Å². The van der Waals surface area contributed by atoms with E-state index in [-0.39, 0.29) is 11.6 Å². The van der Waals surface area contributed by atoms with Crippen LogP contribution in [0, 0.1) is 0 Å². The molecule has 0 aliphatic carbocycles. The summed E-state index contributed by atoms with van der Waals surface area (Å²) in [5.41, 5.74) is 3.18. The highest BCUT2D eigenvalue weighted by molar-refractivity contribution is 6.03. The minimum Gasteiger partial charge on any atom is -0.355 e. The van der Waals surface area contributed by atoms with Crippen molar-refractivity contribution < 1.29 is 22.8 Å². The number of anilines is 4. The summed E-state index contributed by atoms with van der Waals surface area (Å²) in [6, 6.07) is 17.0. The average Bonchev–Trinajstić information content (AvgIpc) is 3.26. The Morgan fingerprint density at radius 2 is 1.71 bits per heavy atom. The van der Waals surface area contributed by atoms with Crippen LogP contribution in [0.4, 0.5) is 40.7 Å². The second-order valence-electron chi connectivity index (χ2n) is 7.91. The van der Waals surface area contributed by atoms with Crippen LogP contribution in [-0.2, 0) is 12.6 Å². The molecule has 0 bridgehead atoms. The molecular formula is C25H23F3N4O2. The number of nitrogens with zero attached hydrogens (tertiary/aromatic N) is 2. The van der Waals surface area contributed by atoms with Gasteiger partial charge in [0.25, 0.3) is 5.91 Å². The standard InChI is InChI=1S/C25H23F3N4O2/c1-29-23(33)17-5-3-8-20(14-17)31(2)21-9-10-22-16(13-21)11-12-32(22)24(34)30-19-7-4-6-18(15-19)25(26,27)28/h3-10,13-15H,11-12H2,1-2H3,(H,29,33)(H,30,34). The molecule has 2 N–H and O–H groups in total. The normalized spacial score (nSPS) is 12.8. The van der Waals surface area contributed by atoms with Crippen LogP contribution in [0.1, 0.15) is 21.5 Å². The number of hydrogen-bond acceptors (Lipinski definition) is 3. The van der Waals surface area contributed by atoms with E-state index in [0.717, 1.165) is 29.1 Å². The molecule has 1 aliphatic rings. The molecule has 1 heterocycles. The van der Waals surface area contributed by atoms with Crippen molar-refractivity contribution in [1.82, 2.24) is 5.32 Å². The molecule has 0 saturated carbocycles. The van der Waals surface area contributed by atoms with Crippen molar-refractivity contribution in [1.29, 1.82) is 0 Å². The molecular weight excluding hydrogens is 445 g/mol. The SMILES string of the molecule is CNC(=O)c1cccc(N(C)c2ccc3c(c2)CCN3C(=O)Nc2cccc(C(F)(F)F)c2)c1. The Balaban J connectivity index is 1.52. The van der Waals surface area contributed by atoms with Gasteiger partial charge in [0.05, 0.1) is 5.56 Å². The topological polar surface area (TPSA) is 64.7 Å². The fourth-order valence-electron chi connectivity index (χ4n) is 3.92. The molecule has 0 spiro atoms. The molecule has 3 amide bonds. The third-order valence-electron chi connectivity index (χ3n) is 5.75. The lowest BCUT2D eigenvalue weighted by Gasteiger charge is -2.22. The number of carbonyl (C=O) groups excluding carboxylic acids is 2. The molecule has 1 aliphatic heterocycles. The fraction of sp³-hybridized carbons (Fsp3) is 0.200. The molecule has 176 valence electrons. The second-order valence-corrected chi connectivity index (χ2v) is 7.91. The molecule has 3 aromatic carbocycles. The molecule has 0 aromatic heterocycles. The summed E-state index contributed by atoms with van der Waals surface area (Å²) < 4.78 is 38.9. The molecule has 34 heavy (non-hydrogen) atoms. The quantitative estimate of drug-likeness (QED) is 0.537. The number of halogens is 3. The Labute approximate surface area is 195 Å². The van der Waals surface area contributed by atoms with E-state index in [1.54, 1.807) is 19.2 Å². The zero-order valence-electron chi connectivity index (χ0n) is 18.6. The van der Waals surface area contributed by atoms with Crippen molar-refractivity contribution >= 4 is 34.7 Å². The summed E-state index contributed by atoms with van der Waals surface area (Å²) in [5, 5.41) is 5.17. The highest BCUT2D eigenvalue weighted by Gasteiger charge is 2.31. The van der Waals surface area contributed by atoms with Gasteiger partial charge in [-0.15, -0.1) is 0 Å². The smallest absolute Gasteiger partial charge is 0.355 e. The first-order valence-corrected chi connectivity index (χ1v) is 10.6. The predicted molar refractivity (Wildman–Crippen MR) is 126 cm³/mol. The lowest BCUT2D eigenvalue weighted by Crippen LogP contribution is -2.33. The summed E-state index contributed by atoms with van der Waals surface area (Å²) in [6.45, 7) is 0.416. The molecule has 0 atom stereocenters. The number of urea groups is 1. The van der Waals surface area contributed by atoms with Gasteiger partial charge in [0.1, 0.15) is 0 Å². The summed E-state index contributed by atoms with van der Waals surface area (Å²) in [7, 11) is 3.46. The van der Waals surface area contributed by atoms with Gasteiger partial charge in [-0.25, -0.2) is 4.79 Å². The first-order valence-electron chi connectivity index (χ1n) is 10.6. The van der Waals surface area contributed by atoms with Crippen molar-refractivity contribution in [3.8, 4) is 0 Å². The summed E-state index contributed by atoms with van der Waals surface area (Å²) in [5.74, 6) is -0.174. The number of benzene rings is 3. The highest BCUT2D eigenvalue weighted by Crippen LogP contribution is 2.35. The predicted octanol–water partition coefficient (Wildman–Crippen LogP) is 5.43. The van der Waals surface area contributed by atoms with Crippen molar-refractivity contribution in [3.63, 3.8) is 0 Å². The van der Waals surface area contributed by atoms with E-state index >= 15 is 0 Å². The third-order valence-corrected chi connectivity index (χ3v) is 5.75. The number of fused-ring (bicyclic) bond motifs is 1. The maximum atomic E-state index is 13.0.